The van der Waals surface area contributed by atoms with Crippen molar-refractivity contribution in [3.63, 3.8) is 0 Å². The van der Waals surface area contributed by atoms with Gasteiger partial charge in [-0.3, -0.25) is 9.78 Å². The highest BCUT2D eigenvalue weighted by Gasteiger charge is 2.21. The predicted octanol–water partition coefficient (Wildman–Crippen LogP) is 3.48. The Balaban J connectivity index is 2.30. The van der Waals surface area contributed by atoms with Gasteiger partial charge in [0.1, 0.15) is 0 Å². The normalized spacial score (nSPS) is 10.7. The maximum atomic E-state index is 12.8. The van der Waals surface area contributed by atoms with Crippen molar-refractivity contribution in [3.8, 4) is 0 Å². The predicted molar refractivity (Wildman–Crippen MR) is 87.8 cm³/mol. The minimum Gasteiger partial charge on any atom is -0.399 e. The van der Waals surface area contributed by atoms with Gasteiger partial charge in [-0.2, -0.15) is 0 Å². The minimum atomic E-state index is -0.0481. The first kappa shape index (κ1) is 15.5. The number of hydrogen-bond donors (Lipinski definition) is 1. The molecule has 0 fully saturated rings. The van der Waals surface area contributed by atoms with E-state index >= 15 is 0 Å². The van der Waals surface area contributed by atoms with Crippen LogP contribution < -0.4 is 5.73 Å². The number of aromatic nitrogens is 1. The van der Waals surface area contributed by atoms with Gasteiger partial charge in [0.25, 0.3) is 5.91 Å². The summed E-state index contributed by atoms with van der Waals surface area (Å²) < 4.78 is 0.749. The second-order valence-corrected chi connectivity index (χ2v) is 5.98. The van der Waals surface area contributed by atoms with E-state index in [-0.39, 0.29) is 11.9 Å². The molecule has 0 spiro atoms. The monoisotopic (exact) mass is 347 g/mol. The van der Waals surface area contributed by atoms with Crippen LogP contribution in [-0.2, 0) is 6.54 Å². The molecule has 1 amide bonds. The topological polar surface area (TPSA) is 59.2 Å². The van der Waals surface area contributed by atoms with Gasteiger partial charge in [-0.05, 0) is 59.6 Å². The summed E-state index contributed by atoms with van der Waals surface area (Å²) in [6.07, 6.45) is 3.50. The van der Waals surface area contributed by atoms with Gasteiger partial charge in [-0.15, -0.1) is 0 Å². The maximum Gasteiger partial charge on any atom is 0.255 e. The number of carbonyl (C=O) groups is 1. The Morgan fingerprint density at radius 2 is 2.14 bits per heavy atom. The fourth-order valence-corrected chi connectivity index (χ4v) is 2.45. The summed E-state index contributed by atoms with van der Waals surface area (Å²) in [5.41, 5.74) is 7.94. The molecule has 0 aliphatic rings. The number of rotatable bonds is 4. The molecule has 1 aromatic heterocycles. The molecule has 0 unspecified atom stereocenters. The Labute approximate surface area is 133 Å². The van der Waals surface area contributed by atoms with Crippen molar-refractivity contribution < 1.29 is 4.79 Å². The zero-order valence-electron chi connectivity index (χ0n) is 12.1. The zero-order valence-corrected chi connectivity index (χ0v) is 13.7. The van der Waals surface area contributed by atoms with Crippen LogP contribution in [0, 0.1) is 0 Å². The number of nitrogens with two attached hydrogens (primary N) is 1. The van der Waals surface area contributed by atoms with Crippen molar-refractivity contribution in [2.24, 2.45) is 0 Å². The zero-order chi connectivity index (χ0) is 15.4. The summed E-state index contributed by atoms with van der Waals surface area (Å²) in [6, 6.07) is 9.17. The van der Waals surface area contributed by atoms with Gasteiger partial charge in [0.15, 0.2) is 0 Å². The van der Waals surface area contributed by atoms with Crippen LogP contribution in [0.2, 0.25) is 0 Å². The first-order valence-corrected chi connectivity index (χ1v) is 7.53. The highest BCUT2D eigenvalue weighted by molar-refractivity contribution is 9.10. The molecular formula is C16H18BrN3O. The summed E-state index contributed by atoms with van der Waals surface area (Å²) in [7, 11) is 0. The Kier molecular flexibility index (Phi) is 4.96. The van der Waals surface area contributed by atoms with Crippen LogP contribution in [-0.4, -0.2) is 21.8 Å². The number of hydrogen-bond acceptors (Lipinski definition) is 3. The molecule has 5 heteroatoms. The molecule has 0 bridgehead atoms. The van der Waals surface area contributed by atoms with Crippen molar-refractivity contribution in [2.75, 3.05) is 5.73 Å². The van der Waals surface area contributed by atoms with Crippen molar-refractivity contribution in [1.29, 1.82) is 0 Å². The molecule has 110 valence electrons. The number of carbonyl (C=O) groups excluding carboxylic acids is 1. The average molecular weight is 348 g/mol. The van der Waals surface area contributed by atoms with E-state index < -0.39 is 0 Å². The molecular weight excluding hydrogens is 330 g/mol. The van der Waals surface area contributed by atoms with Crippen LogP contribution in [0.15, 0.2) is 47.2 Å². The SMILES string of the molecule is CC(C)N(Cc1cccnc1)C(=O)c1cc(N)ccc1Br. The second-order valence-electron chi connectivity index (χ2n) is 5.13. The number of benzene rings is 1. The maximum absolute atomic E-state index is 12.8. The van der Waals surface area contributed by atoms with E-state index in [1.54, 1.807) is 35.5 Å². The van der Waals surface area contributed by atoms with Crippen molar-refractivity contribution >= 4 is 27.5 Å². The van der Waals surface area contributed by atoms with Crippen LogP contribution in [0.25, 0.3) is 0 Å². The molecule has 1 heterocycles. The van der Waals surface area contributed by atoms with Crippen LogP contribution >= 0.6 is 15.9 Å². The highest BCUT2D eigenvalue weighted by atomic mass is 79.9. The van der Waals surface area contributed by atoms with Gasteiger partial charge in [-0.25, -0.2) is 0 Å². The molecule has 0 radical (unpaired) electrons. The fraction of sp³-hybridized carbons (Fsp3) is 0.250. The number of anilines is 1. The molecule has 0 atom stereocenters. The van der Waals surface area contributed by atoms with E-state index in [9.17, 15) is 4.79 Å². The van der Waals surface area contributed by atoms with Crippen molar-refractivity contribution in [1.82, 2.24) is 9.88 Å². The molecule has 0 saturated carbocycles. The lowest BCUT2D eigenvalue weighted by atomic mass is 10.1. The van der Waals surface area contributed by atoms with Crippen molar-refractivity contribution in [2.45, 2.75) is 26.4 Å². The first-order chi connectivity index (χ1) is 9.99. The first-order valence-electron chi connectivity index (χ1n) is 6.74. The summed E-state index contributed by atoms with van der Waals surface area (Å²) in [5, 5.41) is 0. The molecule has 2 rings (SSSR count). The molecule has 0 saturated heterocycles. The third kappa shape index (κ3) is 3.82. The third-order valence-electron chi connectivity index (χ3n) is 3.18. The van der Waals surface area contributed by atoms with Gasteiger partial charge in [-0.1, -0.05) is 6.07 Å². The largest absolute Gasteiger partial charge is 0.399 e. The summed E-state index contributed by atoms with van der Waals surface area (Å²) in [5.74, 6) is -0.0481. The molecule has 4 nitrogen and oxygen atoms in total. The van der Waals surface area contributed by atoms with E-state index in [4.69, 9.17) is 5.73 Å². The van der Waals surface area contributed by atoms with Gasteiger partial charge in [0.2, 0.25) is 0 Å². The van der Waals surface area contributed by atoms with Gasteiger partial charge in [0.05, 0.1) is 5.56 Å². The Hall–Kier alpha value is -1.88. The van der Waals surface area contributed by atoms with E-state index in [1.165, 1.54) is 0 Å². The number of nitrogen functional groups attached to an aromatic ring is 1. The lowest BCUT2D eigenvalue weighted by Crippen LogP contribution is -2.36. The standard InChI is InChI=1S/C16H18BrN3O/c1-11(2)20(10-12-4-3-7-19-9-12)16(21)14-8-13(18)5-6-15(14)17/h3-9,11H,10,18H2,1-2H3. The van der Waals surface area contributed by atoms with E-state index in [0.29, 0.717) is 17.8 Å². The molecule has 2 aromatic rings. The average Bonchev–Trinajstić information content (AvgIpc) is 2.47. The van der Waals surface area contributed by atoms with Gasteiger partial charge in [0, 0.05) is 35.1 Å². The van der Waals surface area contributed by atoms with Crippen LogP contribution in [0.1, 0.15) is 29.8 Å². The van der Waals surface area contributed by atoms with Gasteiger partial charge < -0.3 is 10.6 Å². The summed E-state index contributed by atoms with van der Waals surface area (Å²) in [4.78, 5) is 18.7. The minimum absolute atomic E-state index is 0.0481. The Bertz CT molecular complexity index is 629. The quantitative estimate of drug-likeness (QED) is 0.861. The fourth-order valence-electron chi connectivity index (χ4n) is 2.04. The van der Waals surface area contributed by atoms with E-state index in [1.807, 2.05) is 26.0 Å². The van der Waals surface area contributed by atoms with Crippen LogP contribution in [0.3, 0.4) is 0 Å². The number of pyridine rings is 1. The number of nitrogens with zero attached hydrogens (tertiary/aromatic N) is 2. The molecule has 0 aliphatic heterocycles. The highest BCUT2D eigenvalue weighted by Crippen LogP contribution is 2.23. The van der Waals surface area contributed by atoms with Crippen LogP contribution in [0.4, 0.5) is 5.69 Å². The second kappa shape index (κ2) is 6.72. The molecule has 1 aromatic carbocycles. The Morgan fingerprint density at radius 1 is 1.38 bits per heavy atom. The summed E-state index contributed by atoms with van der Waals surface area (Å²) in [6.45, 7) is 4.51. The van der Waals surface area contributed by atoms with Crippen LogP contribution in [0.5, 0.6) is 0 Å². The third-order valence-corrected chi connectivity index (χ3v) is 3.87. The molecule has 0 aliphatic carbocycles. The van der Waals surface area contributed by atoms with Gasteiger partial charge >= 0.3 is 0 Å². The Morgan fingerprint density at radius 3 is 2.76 bits per heavy atom. The lowest BCUT2D eigenvalue weighted by Gasteiger charge is -2.27. The number of halogens is 1. The van der Waals surface area contributed by atoms with E-state index in [2.05, 4.69) is 20.9 Å². The molecule has 21 heavy (non-hydrogen) atoms. The van der Waals surface area contributed by atoms with Crippen molar-refractivity contribution in [3.05, 3.63) is 58.3 Å². The smallest absolute Gasteiger partial charge is 0.255 e. The number of amides is 1. The van der Waals surface area contributed by atoms with E-state index in [0.717, 1.165) is 10.0 Å². The summed E-state index contributed by atoms with van der Waals surface area (Å²) >= 11 is 3.42. The molecule has 2 N–H and O–H groups in total. The lowest BCUT2D eigenvalue weighted by molar-refractivity contribution is 0.0689.